The van der Waals surface area contributed by atoms with Crippen LogP contribution in [0.1, 0.15) is 19.3 Å². The first kappa shape index (κ1) is 12.8. The summed E-state index contributed by atoms with van der Waals surface area (Å²) in [4.78, 5) is 17.1. The number of nitrogens with two attached hydrogens (primary N) is 2. The summed E-state index contributed by atoms with van der Waals surface area (Å²) in [6, 6.07) is 0. The number of carbonyl (C=O) groups is 1. The molecular weight excluding hydrogens is 226 g/mol. The van der Waals surface area contributed by atoms with E-state index in [9.17, 15) is 4.79 Å². The SMILES string of the molecule is N=C(N=C(N)N)SCC(=O)N1CCCCC1. The molecule has 1 heterocycles. The van der Waals surface area contributed by atoms with Crippen LogP contribution in [0.4, 0.5) is 0 Å². The fourth-order valence-electron chi connectivity index (χ4n) is 1.51. The number of guanidine groups is 1. The number of amides is 1. The average molecular weight is 243 g/mol. The molecule has 0 aliphatic carbocycles. The van der Waals surface area contributed by atoms with Gasteiger partial charge in [0, 0.05) is 13.1 Å². The zero-order chi connectivity index (χ0) is 12.0. The number of rotatable bonds is 2. The molecule has 0 saturated carbocycles. The van der Waals surface area contributed by atoms with Gasteiger partial charge in [-0.1, -0.05) is 11.8 Å². The Morgan fingerprint density at radius 3 is 2.50 bits per heavy atom. The van der Waals surface area contributed by atoms with Gasteiger partial charge < -0.3 is 16.4 Å². The number of nitrogens with one attached hydrogen (secondary N) is 1. The van der Waals surface area contributed by atoms with E-state index in [-0.39, 0.29) is 22.8 Å². The molecule has 1 saturated heterocycles. The fourth-order valence-corrected chi connectivity index (χ4v) is 2.13. The lowest BCUT2D eigenvalue weighted by Gasteiger charge is -2.26. The van der Waals surface area contributed by atoms with Crippen molar-refractivity contribution in [3.05, 3.63) is 0 Å². The Balaban J connectivity index is 2.29. The second-order valence-corrected chi connectivity index (χ2v) is 4.54. The van der Waals surface area contributed by atoms with Gasteiger partial charge in [0.2, 0.25) is 5.91 Å². The fraction of sp³-hybridized carbons (Fsp3) is 0.667. The number of hydrogen-bond donors (Lipinski definition) is 3. The molecule has 0 aromatic rings. The van der Waals surface area contributed by atoms with Crippen LogP contribution < -0.4 is 11.5 Å². The van der Waals surface area contributed by atoms with E-state index >= 15 is 0 Å². The third-order valence-corrected chi connectivity index (χ3v) is 3.03. The summed E-state index contributed by atoms with van der Waals surface area (Å²) in [6.07, 6.45) is 3.34. The highest BCUT2D eigenvalue weighted by Crippen LogP contribution is 2.11. The number of carbonyl (C=O) groups excluding carboxylic acids is 1. The number of nitrogens with zero attached hydrogens (tertiary/aromatic N) is 2. The van der Waals surface area contributed by atoms with E-state index in [1.807, 2.05) is 4.90 Å². The van der Waals surface area contributed by atoms with Crippen molar-refractivity contribution < 1.29 is 4.79 Å². The van der Waals surface area contributed by atoms with Gasteiger partial charge in [-0.2, -0.15) is 4.99 Å². The molecule has 0 spiro atoms. The molecule has 0 unspecified atom stereocenters. The number of thioether (sulfide) groups is 1. The predicted molar refractivity (Wildman–Crippen MR) is 66.4 cm³/mol. The number of likely N-dealkylation sites (tertiary alicyclic amines) is 1. The third-order valence-electron chi connectivity index (χ3n) is 2.27. The van der Waals surface area contributed by atoms with Gasteiger partial charge in [0.05, 0.1) is 5.75 Å². The Kier molecular flexibility index (Phi) is 5.10. The molecule has 5 N–H and O–H groups in total. The lowest BCUT2D eigenvalue weighted by Crippen LogP contribution is -2.37. The molecular formula is C9H17N5OS. The lowest BCUT2D eigenvalue weighted by atomic mass is 10.1. The van der Waals surface area contributed by atoms with Gasteiger partial charge in [-0.25, -0.2) is 0 Å². The van der Waals surface area contributed by atoms with E-state index in [0.29, 0.717) is 0 Å². The smallest absolute Gasteiger partial charge is 0.233 e. The van der Waals surface area contributed by atoms with Crippen LogP contribution in [0.2, 0.25) is 0 Å². The van der Waals surface area contributed by atoms with Crippen LogP contribution in [0.5, 0.6) is 0 Å². The molecule has 90 valence electrons. The van der Waals surface area contributed by atoms with Crippen molar-refractivity contribution in [2.75, 3.05) is 18.8 Å². The van der Waals surface area contributed by atoms with Crippen LogP contribution >= 0.6 is 11.8 Å². The minimum absolute atomic E-state index is 0.0228. The first-order valence-electron chi connectivity index (χ1n) is 5.18. The van der Waals surface area contributed by atoms with Crippen LogP contribution in [-0.2, 0) is 4.79 Å². The van der Waals surface area contributed by atoms with Gasteiger partial charge in [-0.3, -0.25) is 10.2 Å². The molecule has 0 bridgehead atoms. The van der Waals surface area contributed by atoms with Gasteiger partial charge in [0.25, 0.3) is 0 Å². The monoisotopic (exact) mass is 243 g/mol. The maximum absolute atomic E-state index is 11.7. The van der Waals surface area contributed by atoms with E-state index in [0.717, 1.165) is 37.7 Å². The molecule has 1 fully saturated rings. The van der Waals surface area contributed by atoms with Gasteiger partial charge in [-0.15, -0.1) is 0 Å². The van der Waals surface area contributed by atoms with E-state index in [2.05, 4.69) is 4.99 Å². The van der Waals surface area contributed by atoms with Crippen molar-refractivity contribution in [2.24, 2.45) is 16.5 Å². The zero-order valence-electron chi connectivity index (χ0n) is 9.11. The van der Waals surface area contributed by atoms with Crippen molar-refractivity contribution in [3.8, 4) is 0 Å². The summed E-state index contributed by atoms with van der Waals surface area (Å²) >= 11 is 1.05. The Morgan fingerprint density at radius 1 is 1.31 bits per heavy atom. The normalized spacial score (nSPS) is 15.6. The van der Waals surface area contributed by atoms with Crippen molar-refractivity contribution >= 4 is 28.8 Å². The standard InChI is InChI=1S/C9H17N5OS/c10-8(11)13-9(12)16-6-7(15)14-4-2-1-3-5-14/h1-6H2,(H5,10,11,12,13). The van der Waals surface area contributed by atoms with Crippen molar-refractivity contribution in [1.82, 2.24) is 4.90 Å². The van der Waals surface area contributed by atoms with E-state index < -0.39 is 0 Å². The highest BCUT2D eigenvalue weighted by atomic mass is 32.2. The number of hydrogen-bond acceptors (Lipinski definition) is 3. The second kappa shape index (κ2) is 6.37. The third kappa shape index (κ3) is 4.52. The van der Waals surface area contributed by atoms with E-state index in [4.69, 9.17) is 16.9 Å². The largest absolute Gasteiger partial charge is 0.370 e. The van der Waals surface area contributed by atoms with Crippen molar-refractivity contribution in [3.63, 3.8) is 0 Å². The molecule has 0 aromatic heterocycles. The van der Waals surface area contributed by atoms with E-state index in [1.165, 1.54) is 6.42 Å². The molecule has 0 radical (unpaired) electrons. The molecule has 1 aliphatic heterocycles. The van der Waals surface area contributed by atoms with Gasteiger partial charge in [0.15, 0.2) is 11.1 Å². The Morgan fingerprint density at radius 2 is 1.94 bits per heavy atom. The second-order valence-electron chi connectivity index (χ2n) is 3.57. The summed E-state index contributed by atoms with van der Waals surface area (Å²) in [6.45, 7) is 1.66. The van der Waals surface area contributed by atoms with Crippen LogP contribution in [0.3, 0.4) is 0 Å². The Hall–Kier alpha value is -1.24. The first-order valence-corrected chi connectivity index (χ1v) is 6.17. The molecule has 1 amide bonds. The molecule has 1 rings (SSSR count). The summed E-state index contributed by atoms with van der Waals surface area (Å²) in [5.41, 5.74) is 10.2. The number of aliphatic imine (C=N–C) groups is 1. The van der Waals surface area contributed by atoms with Gasteiger partial charge in [0.1, 0.15) is 0 Å². The molecule has 0 atom stereocenters. The first-order chi connectivity index (χ1) is 7.59. The van der Waals surface area contributed by atoms with E-state index in [1.54, 1.807) is 0 Å². The zero-order valence-corrected chi connectivity index (χ0v) is 9.92. The van der Waals surface area contributed by atoms with Gasteiger partial charge in [-0.05, 0) is 19.3 Å². The maximum Gasteiger partial charge on any atom is 0.233 e. The molecule has 1 aliphatic rings. The van der Waals surface area contributed by atoms with Crippen LogP contribution in [0.15, 0.2) is 4.99 Å². The Labute approximate surface area is 99.0 Å². The highest BCUT2D eigenvalue weighted by Gasteiger charge is 2.16. The minimum atomic E-state index is -0.150. The topological polar surface area (TPSA) is 109 Å². The highest BCUT2D eigenvalue weighted by molar-refractivity contribution is 8.14. The Bertz CT molecular complexity index is 294. The average Bonchev–Trinajstić information content (AvgIpc) is 2.26. The number of amidine groups is 1. The molecule has 6 nitrogen and oxygen atoms in total. The maximum atomic E-state index is 11.7. The minimum Gasteiger partial charge on any atom is -0.370 e. The molecule has 16 heavy (non-hydrogen) atoms. The summed E-state index contributed by atoms with van der Waals surface area (Å²) in [5, 5.41) is 7.35. The van der Waals surface area contributed by atoms with Crippen molar-refractivity contribution in [2.45, 2.75) is 19.3 Å². The van der Waals surface area contributed by atoms with Crippen LogP contribution in [0.25, 0.3) is 0 Å². The summed E-state index contributed by atoms with van der Waals surface area (Å²) in [7, 11) is 0. The van der Waals surface area contributed by atoms with Crippen LogP contribution in [-0.4, -0.2) is 40.8 Å². The molecule has 7 heteroatoms. The van der Waals surface area contributed by atoms with Crippen molar-refractivity contribution in [1.29, 1.82) is 5.41 Å². The number of piperidine rings is 1. The molecule has 0 aromatic carbocycles. The predicted octanol–water partition coefficient (Wildman–Crippen LogP) is -0.0597. The summed E-state index contributed by atoms with van der Waals surface area (Å²) in [5.74, 6) is 0.137. The van der Waals surface area contributed by atoms with Gasteiger partial charge >= 0.3 is 0 Å². The summed E-state index contributed by atoms with van der Waals surface area (Å²) < 4.78 is 0. The van der Waals surface area contributed by atoms with Crippen LogP contribution in [0, 0.1) is 5.41 Å². The quantitative estimate of drug-likeness (QED) is 0.466. The lowest BCUT2D eigenvalue weighted by molar-refractivity contribution is -0.129.